The van der Waals surface area contributed by atoms with Gasteiger partial charge in [0.15, 0.2) is 11.2 Å². The van der Waals surface area contributed by atoms with Gasteiger partial charge in [-0.25, -0.2) is 0 Å². The van der Waals surface area contributed by atoms with Gasteiger partial charge in [-0.2, -0.15) is 0 Å². The molecule has 2 heterocycles. The van der Waals surface area contributed by atoms with E-state index in [1.807, 2.05) is 42.5 Å². The predicted molar refractivity (Wildman–Crippen MR) is 138 cm³/mol. The number of methoxy groups -OCH3 is 1. The lowest BCUT2D eigenvalue weighted by Crippen LogP contribution is -2.52. The molecule has 1 fully saturated rings. The van der Waals surface area contributed by atoms with Gasteiger partial charge < -0.3 is 24.6 Å². The second kappa shape index (κ2) is 9.21. The number of aliphatic hydroxyl groups is 2. The van der Waals surface area contributed by atoms with E-state index >= 15 is 0 Å². The van der Waals surface area contributed by atoms with Gasteiger partial charge >= 0.3 is 0 Å². The van der Waals surface area contributed by atoms with Gasteiger partial charge in [0.1, 0.15) is 11.5 Å². The molecule has 184 valence electrons. The van der Waals surface area contributed by atoms with E-state index < -0.39 is 17.3 Å². The Morgan fingerprint density at radius 3 is 2.37 bits per heavy atom. The lowest BCUT2D eigenvalue weighted by atomic mass is 9.70. The summed E-state index contributed by atoms with van der Waals surface area (Å²) < 4.78 is 13.4. The summed E-state index contributed by atoms with van der Waals surface area (Å²) in [7, 11) is 1.55. The van der Waals surface area contributed by atoms with Gasteiger partial charge in [-0.3, -0.25) is 4.98 Å². The molecule has 2 N–H and O–H groups in total. The maximum absolute atomic E-state index is 12.8. The topological polar surface area (TPSA) is 75.1 Å². The van der Waals surface area contributed by atoms with E-state index in [0.29, 0.717) is 23.6 Å². The smallest absolute Gasteiger partial charge is 0.177 e. The van der Waals surface area contributed by atoms with Crippen LogP contribution >= 0.6 is 15.9 Å². The maximum Gasteiger partial charge on any atom is 0.177 e. The molecule has 5 atom stereocenters. The fourth-order valence-electron chi connectivity index (χ4n) is 6.21. The second-order valence-corrected chi connectivity index (χ2v) is 10.2. The molecule has 0 radical (unpaired) electrons. The van der Waals surface area contributed by atoms with Gasteiger partial charge in [-0.05, 0) is 36.3 Å². The van der Waals surface area contributed by atoms with Crippen molar-refractivity contribution in [2.24, 2.45) is 5.92 Å². The summed E-state index contributed by atoms with van der Waals surface area (Å²) >= 11 is 3.53. The summed E-state index contributed by atoms with van der Waals surface area (Å²) in [6.45, 7) is 6.53. The molecule has 0 spiro atoms. The van der Waals surface area contributed by atoms with E-state index in [9.17, 15) is 10.2 Å². The molecule has 1 aliphatic carbocycles. The maximum atomic E-state index is 12.8. The molecule has 0 amide bonds. The molecule has 0 saturated heterocycles. The van der Waals surface area contributed by atoms with Crippen molar-refractivity contribution in [1.82, 2.24) is 9.88 Å². The molecule has 6 nitrogen and oxygen atoms in total. The zero-order valence-electron chi connectivity index (χ0n) is 20.2. The number of aliphatic hydroxyl groups excluding tert-OH is 1. The second-order valence-electron chi connectivity index (χ2n) is 9.31. The number of hydrogen-bond acceptors (Lipinski definition) is 6. The molecule has 7 heteroatoms. The Balaban J connectivity index is 1.83. The highest BCUT2D eigenvalue weighted by Crippen LogP contribution is 2.69. The van der Waals surface area contributed by atoms with Crippen molar-refractivity contribution in [1.29, 1.82) is 0 Å². The van der Waals surface area contributed by atoms with E-state index in [-0.39, 0.29) is 11.8 Å². The van der Waals surface area contributed by atoms with Crippen LogP contribution in [-0.2, 0) is 11.2 Å². The summed E-state index contributed by atoms with van der Waals surface area (Å²) in [6.07, 6.45) is 2.05. The molecule has 35 heavy (non-hydrogen) atoms. The van der Waals surface area contributed by atoms with Crippen molar-refractivity contribution >= 4 is 15.9 Å². The van der Waals surface area contributed by atoms with Crippen molar-refractivity contribution < 1.29 is 19.7 Å². The van der Waals surface area contributed by atoms with Gasteiger partial charge in [-0.1, -0.05) is 72.2 Å². The third-order valence-electron chi connectivity index (χ3n) is 7.81. The summed E-state index contributed by atoms with van der Waals surface area (Å²) in [4.78, 5) is 6.57. The van der Waals surface area contributed by atoms with Crippen LogP contribution in [0.25, 0.3) is 0 Å². The highest BCUT2D eigenvalue weighted by atomic mass is 79.9. The summed E-state index contributed by atoms with van der Waals surface area (Å²) in [5.41, 5.74) is -0.805. The van der Waals surface area contributed by atoms with Gasteiger partial charge in [-0.15, -0.1) is 0 Å². The predicted octanol–water partition coefficient (Wildman–Crippen LogP) is 4.44. The van der Waals surface area contributed by atoms with Crippen LogP contribution in [0.4, 0.5) is 0 Å². The summed E-state index contributed by atoms with van der Waals surface area (Å²) in [6, 6.07) is 17.9. The van der Waals surface area contributed by atoms with Gasteiger partial charge in [0.2, 0.25) is 0 Å². The van der Waals surface area contributed by atoms with E-state index in [4.69, 9.17) is 9.47 Å². The van der Waals surface area contributed by atoms with Crippen LogP contribution in [0.15, 0.2) is 71.5 Å². The van der Waals surface area contributed by atoms with Gasteiger partial charge in [0.05, 0.1) is 31.2 Å². The monoisotopic (exact) mass is 538 g/mol. The fourth-order valence-corrected chi connectivity index (χ4v) is 6.48. The van der Waals surface area contributed by atoms with Crippen LogP contribution in [0, 0.1) is 5.92 Å². The zero-order chi connectivity index (χ0) is 24.8. The molecule has 3 aromatic rings. The Morgan fingerprint density at radius 2 is 1.74 bits per heavy atom. The molecule has 1 unspecified atom stereocenters. The highest BCUT2D eigenvalue weighted by molar-refractivity contribution is 9.10. The van der Waals surface area contributed by atoms with Crippen LogP contribution in [0.5, 0.6) is 11.5 Å². The van der Waals surface area contributed by atoms with E-state index in [1.165, 1.54) is 0 Å². The minimum Gasteiger partial charge on any atom is -0.495 e. The first-order chi connectivity index (χ1) is 16.9. The van der Waals surface area contributed by atoms with Crippen molar-refractivity contribution in [2.45, 2.75) is 37.1 Å². The highest BCUT2D eigenvalue weighted by Gasteiger charge is 2.76. The average Bonchev–Trinajstić information content (AvgIpc) is 3.26. The Hall–Kier alpha value is -2.45. The Labute approximate surface area is 214 Å². The number of fused-ring (bicyclic) bond motifs is 3. The van der Waals surface area contributed by atoms with Crippen molar-refractivity contribution in [3.8, 4) is 11.5 Å². The lowest BCUT2D eigenvalue weighted by Gasteiger charge is -2.41. The molecule has 1 saturated carbocycles. The van der Waals surface area contributed by atoms with Gasteiger partial charge in [0.25, 0.3) is 0 Å². The Morgan fingerprint density at radius 1 is 1.06 bits per heavy atom. The van der Waals surface area contributed by atoms with Crippen molar-refractivity contribution in [3.63, 3.8) is 0 Å². The third kappa shape index (κ3) is 3.44. The fraction of sp³-hybridized carbons (Fsp3) is 0.393. The van der Waals surface area contributed by atoms with E-state index in [2.05, 4.69) is 51.8 Å². The van der Waals surface area contributed by atoms with Crippen LogP contribution in [0.2, 0.25) is 0 Å². The quantitative estimate of drug-likeness (QED) is 0.463. The lowest BCUT2D eigenvalue weighted by molar-refractivity contribution is -0.152. The Kier molecular flexibility index (Phi) is 6.38. The molecule has 0 bridgehead atoms. The standard InChI is InChI=1S/C28H31BrN2O4/c1-4-31(5-2)17-21-24(18-9-7-6-8-10-18)28(19-11-13-20(29)14-12-19)27(33,26(21)32)25-22(34-3)15-30-16-23(25)35-28/h6-16,21,24,26,32-33H,4-5,17H2,1-3H3/t21-,24-,26-,27+,28?/m1/s1. The number of halogens is 1. The summed E-state index contributed by atoms with van der Waals surface area (Å²) in [5, 5.41) is 24.9. The first kappa shape index (κ1) is 24.3. The van der Waals surface area contributed by atoms with E-state index in [1.54, 1.807) is 19.5 Å². The minimum atomic E-state index is -1.76. The van der Waals surface area contributed by atoms with Crippen LogP contribution in [0.1, 0.15) is 36.5 Å². The number of nitrogens with zero attached hydrogens (tertiary/aromatic N) is 2. The number of pyridine rings is 1. The first-order valence-electron chi connectivity index (χ1n) is 12.1. The molecular formula is C28H31BrN2O4. The molecular weight excluding hydrogens is 508 g/mol. The third-order valence-corrected chi connectivity index (χ3v) is 8.34. The van der Waals surface area contributed by atoms with Crippen LogP contribution < -0.4 is 9.47 Å². The van der Waals surface area contributed by atoms with Crippen molar-refractivity contribution in [3.05, 3.63) is 88.2 Å². The van der Waals surface area contributed by atoms with Crippen LogP contribution in [-0.4, -0.2) is 52.9 Å². The van der Waals surface area contributed by atoms with E-state index in [0.717, 1.165) is 28.7 Å². The van der Waals surface area contributed by atoms with Crippen molar-refractivity contribution in [2.75, 3.05) is 26.7 Å². The molecule has 2 aliphatic rings. The largest absolute Gasteiger partial charge is 0.495 e. The zero-order valence-corrected chi connectivity index (χ0v) is 21.8. The molecule has 2 aromatic carbocycles. The number of ether oxygens (including phenoxy) is 2. The first-order valence-corrected chi connectivity index (χ1v) is 12.9. The number of hydrogen-bond donors (Lipinski definition) is 2. The Bertz CT molecular complexity index is 1190. The van der Waals surface area contributed by atoms with Crippen LogP contribution in [0.3, 0.4) is 0 Å². The molecule has 1 aliphatic heterocycles. The normalized spacial score (nSPS) is 29.1. The number of rotatable bonds is 7. The van der Waals surface area contributed by atoms with Gasteiger partial charge in [0, 0.05) is 22.9 Å². The number of aromatic nitrogens is 1. The average molecular weight is 539 g/mol. The molecule has 5 rings (SSSR count). The number of benzene rings is 2. The molecule has 1 aromatic heterocycles. The summed E-state index contributed by atoms with van der Waals surface area (Å²) in [5.74, 6) is 0.175. The minimum absolute atomic E-state index is 0.308. The SMILES string of the molecule is CCN(CC)C[C@@H]1[C@@H](c2ccccc2)C2(c3ccc(Br)cc3)Oc3cncc(OC)c3[C@]2(O)[C@@H]1O.